The minimum Gasteiger partial charge on any atom is -0.508 e. The minimum absolute atomic E-state index is 0.227. The van der Waals surface area contributed by atoms with Crippen molar-refractivity contribution in [1.82, 2.24) is 9.38 Å². The molecule has 2 heterocycles. The van der Waals surface area contributed by atoms with Crippen LogP contribution in [-0.4, -0.2) is 14.5 Å². The maximum Gasteiger partial charge on any atom is 0.139 e. The fourth-order valence-electron chi connectivity index (χ4n) is 2.82. The highest BCUT2D eigenvalue weighted by Gasteiger charge is 2.14. The van der Waals surface area contributed by atoms with E-state index in [9.17, 15) is 5.11 Å². The van der Waals surface area contributed by atoms with Crippen LogP contribution in [0.3, 0.4) is 0 Å². The number of pyridine rings is 1. The van der Waals surface area contributed by atoms with Gasteiger partial charge in [0.2, 0.25) is 0 Å². The van der Waals surface area contributed by atoms with Crippen molar-refractivity contribution in [3.8, 4) is 17.0 Å². The number of aromatic nitrogens is 2. The summed E-state index contributed by atoms with van der Waals surface area (Å²) in [7, 11) is 0. The van der Waals surface area contributed by atoms with Crippen molar-refractivity contribution in [3.05, 3.63) is 83.0 Å². The Morgan fingerprint density at radius 3 is 2.64 bits per heavy atom. The molecule has 0 aliphatic carbocycles. The molecule has 0 amide bonds. The summed E-state index contributed by atoms with van der Waals surface area (Å²) in [6.45, 7) is 0.687. The first-order chi connectivity index (χ1) is 12.2. The van der Waals surface area contributed by atoms with E-state index in [2.05, 4.69) is 33.4 Å². The Labute approximate surface area is 153 Å². The molecular formula is C20H16BrN3O. The summed E-state index contributed by atoms with van der Waals surface area (Å²) in [6.07, 6.45) is 1.99. The predicted molar refractivity (Wildman–Crippen MR) is 104 cm³/mol. The average Bonchev–Trinajstić information content (AvgIpc) is 2.98. The Bertz CT molecular complexity index is 1030. The van der Waals surface area contributed by atoms with Gasteiger partial charge in [0.1, 0.15) is 22.9 Å². The number of imidazole rings is 1. The van der Waals surface area contributed by atoms with Crippen molar-refractivity contribution < 1.29 is 5.11 Å². The Hall–Kier alpha value is -2.79. The number of hydrogen-bond acceptors (Lipinski definition) is 3. The monoisotopic (exact) mass is 393 g/mol. The third-order valence-electron chi connectivity index (χ3n) is 4.00. The fourth-order valence-corrected chi connectivity index (χ4v) is 3.16. The number of nitrogens with one attached hydrogen (secondary N) is 1. The van der Waals surface area contributed by atoms with Gasteiger partial charge in [-0.25, -0.2) is 4.98 Å². The van der Waals surface area contributed by atoms with E-state index in [1.54, 1.807) is 12.1 Å². The molecule has 4 rings (SSSR count). The lowest BCUT2D eigenvalue weighted by molar-refractivity contribution is 0.475. The van der Waals surface area contributed by atoms with Crippen LogP contribution in [0.1, 0.15) is 5.56 Å². The Morgan fingerprint density at radius 2 is 1.84 bits per heavy atom. The molecule has 2 N–H and O–H groups in total. The van der Waals surface area contributed by atoms with Gasteiger partial charge in [-0.2, -0.15) is 0 Å². The number of anilines is 1. The van der Waals surface area contributed by atoms with Crippen LogP contribution in [0.5, 0.6) is 5.75 Å². The standard InChI is InChI=1S/C20H16BrN3O/c21-16-9-10-18-23-19(15-7-4-8-17(25)11-15)20(24(18)13-16)22-12-14-5-2-1-3-6-14/h1-11,13,22,25H,12H2. The van der Waals surface area contributed by atoms with Gasteiger partial charge in [0.05, 0.1) is 0 Å². The zero-order valence-electron chi connectivity index (χ0n) is 13.4. The summed E-state index contributed by atoms with van der Waals surface area (Å²) >= 11 is 3.52. The number of nitrogens with zero attached hydrogens (tertiary/aromatic N) is 2. The summed E-state index contributed by atoms with van der Waals surface area (Å²) < 4.78 is 2.99. The van der Waals surface area contributed by atoms with Gasteiger partial charge in [0.15, 0.2) is 0 Å². The van der Waals surface area contributed by atoms with E-state index in [0.29, 0.717) is 6.54 Å². The van der Waals surface area contributed by atoms with E-state index in [1.165, 1.54) is 5.56 Å². The first-order valence-electron chi connectivity index (χ1n) is 7.95. The Balaban J connectivity index is 1.81. The summed E-state index contributed by atoms with van der Waals surface area (Å²) in [6, 6.07) is 21.3. The summed E-state index contributed by atoms with van der Waals surface area (Å²) in [5.74, 6) is 1.12. The van der Waals surface area contributed by atoms with Gasteiger partial charge in [-0.3, -0.25) is 4.40 Å². The van der Waals surface area contributed by atoms with E-state index in [0.717, 1.165) is 27.2 Å². The second-order valence-electron chi connectivity index (χ2n) is 5.77. The maximum atomic E-state index is 9.83. The van der Waals surface area contributed by atoms with Gasteiger partial charge in [0, 0.05) is 22.8 Å². The van der Waals surface area contributed by atoms with Crippen LogP contribution < -0.4 is 5.32 Å². The fraction of sp³-hybridized carbons (Fsp3) is 0.0500. The van der Waals surface area contributed by atoms with E-state index in [4.69, 9.17) is 4.98 Å². The number of aromatic hydroxyl groups is 1. The van der Waals surface area contributed by atoms with Crippen LogP contribution in [0, 0.1) is 0 Å². The van der Waals surface area contributed by atoms with Gasteiger partial charge in [-0.1, -0.05) is 42.5 Å². The number of phenols is 1. The highest BCUT2D eigenvalue weighted by molar-refractivity contribution is 9.10. The highest BCUT2D eigenvalue weighted by atomic mass is 79.9. The molecule has 0 saturated carbocycles. The van der Waals surface area contributed by atoms with E-state index in [1.807, 2.05) is 53.1 Å². The molecule has 0 atom stereocenters. The summed E-state index contributed by atoms with van der Waals surface area (Å²) in [4.78, 5) is 4.75. The lowest BCUT2D eigenvalue weighted by atomic mass is 10.1. The Kier molecular flexibility index (Phi) is 4.15. The van der Waals surface area contributed by atoms with Gasteiger partial charge >= 0.3 is 0 Å². The van der Waals surface area contributed by atoms with Crippen LogP contribution >= 0.6 is 15.9 Å². The van der Waals surface area contributed by atoms with Gasteiger partial charge in [-0.05, 0) is 45.8 Å². The van der Waals surface area contributed by atoms with Crippen molar-refractivity contribution in [1.29, 1.82) is 0 Å². The predicted octanol–water partition coefficient (Wildman–Crippen LogP) is 5.08. The summed E-state index contributed by atoms with van der Waals surface area (Å²) in [5.41, 5.74) is 3.71. The Morgan fingerprint density at radius 1 is 1.00 bits per heavy atom. The maximum absolute atomic E-state index is 9.83. The molecule has 0 fully saturated rings. The average molecular weight is 394 g/mol. The zero-order chi connectivity index (χ0) is 17.2. The summed E-state index contributed by atoms with van der Waals surface area (Å²) in [5, 5.41) is 13.3. The van der Waals surface area contributed by atoms with Crippen LogP contribution in [-0.2, 0) is 6.54 Å². The van der Waals surface area contributed by atoms with Gasteiger partial charge in [0.25, 0.3) is 0 Å². The molecule has 0 aliphatic rings. The van der Waals surface area contributed by atoms with Crippen molar-refractivity contribution in [2.45, 2.75) is 6.54 Å². The van der Waals surface area contributed by atoms with Gasteiger partial charge in [-0.15, -0.1) is 0 Å². The molecular weight excluding hydrogens is 378 g/mol. The van der Waals surface area contributed by atoms with Crippen molar-refractivity contribution in [2.24, 2.45) is 0 Å². The second-order valence-corrected chi connectivity index (χ2v) is 6.69. The van der Waals surface area contributed by atoms with E-state index >= 15 is 0 Å². The van der Waals surface area contributed by atoms with E-state index in [-0.39, 0.29) is 5.75 Å². The highest BCUT2D eigenvalue weighted by Crippen LogP contribution is 2.31. The molecule has 0 unspecified atom stereocenters. The molecule has 25 heavy (non-hydrogen) atoms. The molecule has 2 aromatic carbocycles. The number of halogens is 1. The molecule has 0 saturated heterocycles. The molecule has 0 aliphatic heterocycles. The minimum atomic E-state index is 0.227. The first kappa shape index (κ1) is 15.7. The van der Waals surface area contributed by atoms with E-state index < -0.39 is 0 Å². The molecule has 4 aromatic rings. The smallest absolute Gasteiger partial charge is 0.139 e. The molecule has 5 heteroatoms. The van der Waals surface area contributed by atoms with Crippen molar-refractivity contribution in [3.63, 3.8) is 0 Å². The zero-order valence-corrected chi connectivity index (χ0v) is 14.9. The second kappa shape index (κ2) is 6.61. The molecule has 0 radical (unpaired) electrons. The van der Waals surface area contributed by atoms with Crippen LogP contribution in [0.2, 0.25) is 0 Å². The molecule has 4 nitrogen and oxygen atoms in total. The third kappa shape index (κ3) is 3.23. The number of fused-ring (bicyclic) bond motifs is 1. The number of rotatable bonds is 4. The van der Waals surface area contributed by atoms with Crippen molar-refractivity contribution >= 4 is 27.4 Å². The SMILES string of the molecule is Oc1cccc(-c2nc3ccc(Br)cn3c2NCc2ccccc2)c1. The molecule has 0 bridgehead atoms. The topological polar surface area (TPSA) is 49.6 Å². The third-order valence-corrected chi connectivity index (χ3v) is 4.47. The number of phenolic OH excluding ortho intramolecular Hbond substituents is 1. The van der Waals surface area contributed by atoms with Crippen molar-refractivity contribution in [2.75, 3.05) is 5.32 Å². The quantitative estimate of drug-likeness (QED) is 0.508. The molecule has 0 spiro atoms. The van der Waals surface area contributed by atoms with Crippen LogP contribution in [0.4, 0.5) is 5.82 Å². The lowest BCUT2D eigenvalue weighted by Crippen LogP contribution is -2.03. The normalized spacial score (nSPS) is 10.9. The molecule has 2 aromatic heterocycles. The van der Waals surface area contributed by atoms with Crippen LogP contribution in [0.25, 0.3) is 16.9 Å². The lowest BCUT2D eigenvalue weighted by Gasteiger charge is -2.09. The largest absolute Gasteiger partial charge is 0.508 e. The van der Waals surface area contributed by atoms with Crippen LogP contribution in [0.15, 0.2) is 77.4 Å². The number of benzene rings is 2. The first-order valence-corrected chi connectivity index (χ1v) is 8.75. The number of hydrogen-bond donors (Lipinski definition) is 2. The molecule has 124 valence electrons. The van der Waals surface area contributed by atoms with Gasteiger partial charge < -0.3 is 10.4 Å².